The topological polar surface area (TPSA) is 88.4 Å². The molecule has 1 fully saturated rings. The number of likely N-dealkylation sites (tertiary alicyclic amines) is 1. The second kappa shape index (κ2) is 6.51. The van der Waals surface area contributed by atoms with Crippen molar-refractivity contribution < 1.29 is 9.72 Å². The minimum absolute atomic E-state index is 0.0582. The van der Waals surface area contributed by atoms with Crippen LogP contribution >= 0.6 is 22.7 Å². The summed E-state index contributed by atoms with van der Waals surface area (Å²) >= 11 is 2.51. The molecule has 9 heteroatoms. The van der Waals surface area contributed by atoms with Gasteiger partial charge in [-0.1, -0.05) is 11.3 Å². The molecule has 2 aromatic rings. The number of thiazole rings is 1. The molecule has 1 amide bonds. The number of nitro groups is 1. The Morgan fingerprint density at radius 3 is 3.09 bits per heavy atom. The minimum atomic E-state index is -0.384. The normalized spacial score (nSPS) is 18.5. The lowest BCUT2D eigenvalue weighted by molar-refractivity contribution is -0.380. The molecule has 1 saturated heterocycles. The first-order valence-electron chi connectivity index (χ1n) is 6.79. The smallest absolute Gasteiger partial charge is 0.301 e. The molecular weight excluding hydrogens is 324 g/mol. The van der Waals surface area contributed by atoms with Crippen molar-refractivity contribution in [2.24, 2.45) is 0 Å². The van der Waals surface area contributed by atoms with Gasteiger partial charge in [0.1, 0.15) is 0 Å². The maximum Gasteiger partial charge on any atom is 0.324 e. The first-order valence-corrected chi connectivity index (χ1v) is 8.55. The molecule has 0 spiro atoms. The molecule has 1 aliphatic heterocycles. The largest absolute Gasteiger partial charge is 0.324 e. The van der Waals surface area contributed by atoms with Gasteiger partial charge in [-0.25, -0.2) is 4.98 Å². The van der Waals surface area contributed by atoms with E-state index in [2.05, 4.69) is 15.2 Å². The van der Waals surface area contributed by atoms with Gasteiger partial charge >= 0.3 is 5.00 Å². The highest BCUT2D eigenvalue weighted by molar-refractivity contribution is 7.13. The van der Waals surface area contributed by atoms with E-state index in [1.165, 1.54) is 11.3 Å². The molecule has 1 N–H and O–H groups in total. The van der Waals surface area contributed by atoms with Crippen molar-refractivity contribution in [3.8, 4) is 0 Å². The first-order chi connectivity index (χ1) is 10.6. The third kappa shape index (κ3) is 3.32. The minimum Gasteiger partial charge on any atom is -0.301 e. The molecule has 22 heavy (non-hydrogen) atoms. The Morgan fingerprint density at radius 1 is 1.55 bits per heavy atom. The van der Waals surface area contributed by atoms with Crippen LogP contribution in [0.2, 0.25) is 0 Å². The second-order valence-electron chi connectivity index (χ2n) is 5.01. The number of carbonyl (C=O) groups is 1. The van der Waals surface area contributed by atoms with E-state index in [1.807, 2.05) is 5.38 Å². The number of nitrogens with zero attached hydrogens (tertiary/aromatic N) is 3. The van der Waals surface area contributed by atoms with E-state index in [-0.39, 0.29) is 21.9 Å². The fourth-order valence-corrected chi connectivity index (χ4v) is 3.81. The number of rotatable bonds is 5. The predicted octanol–water partition coefficient (Wildman–Crippen LogP) is 2.72. The highest BCUT2D eigenvalue weighted by Gasteiger charge is 2.31. The quantitative estimate of drug-likeness (QED) is 0.669. The van der Waals surface area contributed by atoms with Crippen LogP contribution in [0.1, 0.15) is 18.4 Å². The summed E-state index contributed by atoms with van der Waals surface area (Å²) < 4.78 is 0. The molecule has 2 aromatic heterocycles. The molecule has 3 heterocycles. The fraction of sp³-hybridized carbons (Fsp3) is 0.385. The standard InChI is InChI=1S/C13H14N4O3S2/c18-12(15-13-14-3-5-21-13)10-2-1-4-16(10)7-9-6-11(17(19)20)22-8-9/h3,5-6,8,10H,1-2,4,7H2,(H,14,15,18)/t10-/m0/s1. The summed E-state index contributed by atoms with van der Waals surface area (Å²) in [7, 11) is 0. The van der Waals surface area contributed by atoms with Crippen molar-refractivity contribution in [1.29, 1.82) is 0 Å². The molecule has 0 unspecified atom stereocenters. The van der Waals surface area contributed by atoms with Crippen LogP contribution in [-0.2, 0) is 11.3 Å². The first kappa shape index (κ1) is 15.1. The fourth-order valence-electron chi connectivity index (χ4n) is 2.56. The van der Waals surface area contributed by atoms with E-state index in [9.17, 15) is 14.9 Å². The van der Waals surface area contributed by atoms with Crippen molar-refractivity contribution in [3.05, 3.63) is 38.7 Å². The predicted molar refractivity (Wildman–Crippen MR) is 85.1 cm³/mol. The lowest BCUT2D eigenvalue weighted by atomic mass is 10.2. The maximum atomic E-state index is 12.3. The van der Waals surface area contributed by atoms with Gasteiger partial charge in [0.05, 0.1) is 11.0 Å². The summed E-state index contributed by atoms with van der Waals surface area (Å²) in [5, 5.41) is 17.9. The van der Waals surface area contributed by atoms with Gasteiger partial charge in [0, 0.05) is 29.6 Å². The Morgan fingerprint density at radius 2 is 2.41 bits per heavy atom. The Hall–Kier alpha value is -1.84. The average molecular weight is 338 g/mol. The third-order valence-corrected chi connectivity index (χ3v) is 5.15. The second-order valence-corrected chi connectivity index (χ2v) is 6.79. The van der Waals surface area contributed by atoms with Gasteiger partial charge in [0.15, 0.2) is 5.13 Å². The Kier molecular flexibility index (Phi) is 4.46. The Labute approximate surface area is 134 Å². The van der Waals surface area contributed by atoms with Gasteiger partial charge in [-0.3, -0.25) is 19.8 Å². The van der Waals surface area contributed by atoms with Gasteiger partial charge in [-0.2, -0.15) is 0 Å². The average Bonchev–Trinajstić information content (AvgIpc) is 3.19. The molecule has 0 aliphatic carbocycles. The summed E-state index contributed by atoms with van der Waals surface area (Å²) in [6.07, 6.45) is 3.39. The highest BCUT2D eigenvalue weighted by atomic mass is 32.1. The van der Waals surface area contributed by atoms with Crippen molar-refractivity contribution in [2.75, 3.05) is 11.9 Å². The lowest BCUT2D eigenvalue weighted by Crippen LogP contribution is -2.39. The van der Waals surface area contributed by atoms with Crippen molar-refractivity contribution in [2.45, 2.75) is 25.4 Å². The van der Waals surface area contributed by atoms with Crippen LogP contribution < -0.4 is 5.32 Å². The molecule has 1 aliphatic rings. The maximum absolute atomic E-state index is 12.3. The van der Waals surface area contributed by atoms with Gasteiger partial charge in [0.25, 0.3) is 0 Å². The van der Waals surface area contributed by atoms with Gasteiger partial charge in [-0.05, 0) is 24.9 Å². The molecule has 116 valence electrons. The zero-order chi connectivity index (χ0) is 15.5. The molecule has 0 saturated carbocycles. The summed E-state index contributed by atoms with van der Waals surface area (Å²) in [6, 6.07) is 1.38. The van der Waals surface area contributed by atoms with E-state index >= 15 is 0 Å². The number of hydrogen-bond acceptors (Lipinski definition) is 7. The molecule has 0 aromatic carbocycles. The van der Waals surface area contributed by atoms with E-state index in [1.54, 1.807) is 17.6 Å². The van der Waals surface area contributed by atoms with Gasteiger partial charge < -0.3 is 5.32 Å². The zero-order valence-corrected chi connectivity index (χ0v) is 13.2. The van der Waals surface area contributed by atoms with Crippen LogP contribution in [0.5, 0.6) is 0 Å². The Balaban J connectivity index is 1.64. The van der Waals surface area contributed by atoms with E-state index < -0.39 is 0 Å². The van der Waals surface area contributed by atoms with Gasteiger partial charge in [-0.15, -0.1) is 11.3 Å². The number of thiophene rings is 1. The summed E-state index contributed by atoms with van der Waals surface area (Å²) in [5.41, 5.74) is 0.880. The monoisotopic (exact) mass is 338 g/mol. The van der Waals surface area contributed by atoms with Crippen LogP contribution in [0.15, 0.2) is 23.0 Å². The molecular formula is C13H14N4O3S2. The number of nitrogens with one attached hydrogen (secondary N) is 1. The summed E-state index contributed by atoms with van der Waals surface area (Å²) in [5.74, 6) is -0.0582. The molecule has 3 rings (SSSR count). The Bertz CT molecular complexity index is 671. The number of carbonyl (C=O) groups excluding carboxylic acids is 1. The molecule has 1 atom stereocenters. The molecule has 0 radical (unpaired) electrons. The lowest BCUT2D eigenvalue weighted by Gasteiger charge is -2.22. The van der Waals surface area contributed by atoms with E-state index in [4.69, 9.17) is 0 Å². The van der Waals surface area contributed by atoms with Crippen molar-refractivity contribution in [1.82, 2.24) is 9.88 Å². The summed E-state index contributed by atoms with van der Waals surface area (Å²) in [4.78, 5) is 28.8. The zero-order valence-electron chi connectivity index (χ0n) is 11.6. The van der Waals surface area contributed by atoms with Crippen LogP contribution in [0.3, 0.4) is 0 Å². The van der Waals surface area contributed by atoms with Crippen molar-refractivity contribution >= 4 is 38.7 Å². The highest BCUT2D eigenvalue weighted by Crippen LogP contribution is 2.27. The molecule has 0 bridgehead atoms. The number of aromatic nitrogens is 1. The van der Waals surface area contributed by atoms with Gasteiger partial charge in [0.2, 0.25) is 5.91 Å². The SMILES string of the molecule is O=C(Nc1nccs1)[C@@H]1CCCN1Cc1csc([N+](=O)[O-])c1. The van der Waals surface area contributed by atoms with Crippen LogP contribution in [0, 0.1) is 10.1 Å². The number of anilines is 1. The number of amides is 1. The van der Waals surface area contributed by atoms with E-state index in [0.29, 0.717) is 11.7 Å². The van der Waals surface area contributed by atoms with E-state index in [0.717, 1.165) is 36.3 Å². The van der Waals surface area contributed by atoms with Crippen molar-refractivity contribution in [3.63, 3.8) is 0 Å². The third-order valence-electron chi connectivity index (χ3n) is 3.53. The van der Waals surface area contributed by atoms with Crippen LogP contribution in [0.25, 0.3) is 0 Å². The van der Waals surface area contributed by atoms with Crippen LogP contribution in [-0.4, -0.2) is 33.3 Å². The molecule has 7 nitrogen and oxygen atoms in total. The number of hydrogen-bond donors (Lipinski definition) is 1. The van der Waals surface area contributed by atoms with Crippen LogP contribution in [0.4, 0.5) is 10.1 Å². The summed E-state index contributed by atoms with van der Waals surface area (Å²) in [6.45, 7) is 1.37.